The van der Waals surface area contributed by atoms with Crippen LogP contribution >= 0.6 is 11.6 Å². The molecule has 0 aliphatic carbocycles. The molecule has 1 rings (SSSR count). The molecule has 90 valence electrons. The molecule has 0 atom stereocenters. The molecule has 0 spiro atoms. The summed E-state index contributed by atoms with van der Waals surface area (Å²) >= 11 is 5.76. The van der Waals surface area contributed by atoms with Crippen molar-refractivity contribution in [1.82, 2.24) is 0 Å². The number of alkyl halides is 1. The number of hydrogen-bond acceptors (Lipinski definition) is 3. The fraction of sp³-hybridized carbons (Fsp3) is 0.385. The van der Waals surface area contributed by atoms with Crippen molar-refractivity contribution in [3.05, 3.63) is 34.4 Å². The molecule has 0 unspecified atom stereocenters. The fourth-order valence-electron chi connectivity index (χ4n) is 1.60. The van der Waals surface area contributed by atoms with Crippen LogP contribution in [0.1, 0.15) is 40.9 Å². The van der Waals surface area contributed by atoms with E-state index in [2.05, 4.69) is 6.07 Å². The largest absolute Gasteiger partial charge is 0.462 e. The molecule has 0 saturated heterocycles. The van der Waals surface area contributed by atoms with Crippen LogP contribution < -0.4 is 0 Å². The normalized spacial score (nSPS) is 9.76. The van der Waals surface area contributed by atoms with Crippen molar-refractivity contribution in [2.45, 2.75) is 26.1 Å². The van der Waals surface area contributed by atoms with E-state index < -0.39 is 0 Å². The third-order valence-corrected chi connectivity index (χ3v) is 2.76. The predicted molar refractivity (Wildman–Crippen MR) is 66.0 cm³/mol. The lowest BCUT2D eigenvalue weighted by atomic mass is 9.98. The molecule has 17 heavy (non-hydrogen) atoms. The van der Waals surface area contributed by atoms with Crippen LogP contribution in [0.3, 0.4) is 0 Å². The highest BCUT2D eigenvalue weighted by atomic mass is 35.5. The number of ether oxygens (including phenoxy) is 1. The van der Waals surface area contributed by atoms with Gasteiger partial charge in [-0.25, -0.2) is 4.79 Å². The van der Waals surface area contributed by atoms with E-state index in [-0.39, 0.29) is 11.8 Å². The Balaban J connectivity index is 3.29. The standard InChI is InChI=1S/C13H14ClNO2/c1-3-9-5-11(8-15)10(7-14)6-12(9)13(16)17-4-2/h5-6H,3-4,7H2,1-2H3. The molecule has 0 heterocycles. The Morgan fingerprint density at radius 3 is 2.59 bits per heavy atom. The number of carbonyl (C=O) groups excluding carboxylic acids is 1. The predicted octanol–water partition coefficient (Wildman–Crippen LogP) is 3.04. The number of nitrogens with zero attached hydrogens (tertiary/aromatic N) is 1. The van der Waals surface area contributed by atoms with Gasteiger partial charge in [-0.2, -0.15) is 5.26 Å². The van der Waals surface area contributed by atoms with Crippen LogP contribution in [0.2, 0.25) is 0 Å². The maximum atomic E-state index is 11.7. The van der Waals surface area contributed by atoms with E-state index in [9.17, 15) is 4.79 Å². The molecule has 1 aromatic carbocycles. The highest BCUT2D eigenvalue weighted by molar-refractivity contribution is 6.17. The molecule has 0 radical (unpaired) electrons. The summed E-state index contributed by atoms with van der Waals surface area (Å²) in [5.74, 6) is -0.153. The van der Waals surface area contributed by atoms with E-state index >= 15 is 0 Å². The topological polar surface area (TPSA) is 50.1 Å². The highest BCUT2D eigenvalue weighted by Crippen LogP contribution is 2.20. The molecule has 3 nitrogen and oxygen atoms in total. The molecule has 0 saturated carbocycles. The van der Waals surface area contributed by atoms with Crippen LogP contribution in [0, 0.1) is 11.3 Å². The maximum absolute atomic E-state index is 11.7. The first kappa shape index (κ1) is 13.5. The summed E-state index contributed by atoms with van der Waals surface area (Å²) in [6, 6.07) is 5.45. The van der Waals surface area contributed by atoms with Crippen molar-refractivity contribution in [3.8, 4) is 6.07 Å². The number of halogens is 1. The maximum Gasteiger partial charge on any atom is 0.338 e. The quantitative estimate of drug-likeness (QED) is 0.610. The van der Waals surface area contributed by atoms with E-state index in [0.717, 1.165) is 5.56 Å². The summed E-state index contributed by atoms with van der Waals surface area (Å²) in [6.07, 6.45) is 0.672. The second kappa shape index (κ2) is 6.27. The lowest BCUT2D eigenvalue weighted by molar-refractivity contribution is 0.0525. The Labute approximate surface area is 106 Å². The summed E-state index contributed by atoms with van der Waals surface area (Å²) in [5, 5.41) is 8.98. The first-order valence-corrected chi connectivity index (χ1v) is 6.00. The fourth-order valence-corrected chi connectivity index (χ4v) is 1.82. The van der Waals surface area contributed by atoms with Gasteiger partial charge in [0.15, 0.2) is 0 Å². The Bertz CT molecular complexity index is 463. The van der Waals surface area contributed by atoms with Gasteiger partial charge in [-0.3, -0.25) is 0 Å². The minimum Gasteiger partial charge on any atom is -0.462 e. The van der Waals surface area contributed by atoms with Gasteiger partial charge in [0.1, 0.15) is 0 Å². The summed E-state index contributed by atoms with van der Waals surface area (Å²) in [7, 11) is 0. The number of nitriles is 1. The van der Waals surface area contributed by atoms with Crippen molar-refractivity contribution in [2.24, 2.45) is 0 Å². The average Bonchev–Trinajstić information content (AvgIpc) is 2.37. The van der Waals surface area contributed by atoms with Gasteiger partial charge >= 0.3 is 5.97 Å². The van der Waals surface area contributed by atoms with Crippen molar-refractivity contribution in [2.75, 3.05) is 6.61 Å². The van der Waals surface area contributed by atoms with Crippen molar-refractivity contribution < 1.29 is 9.53 Å². The average molecular weight is 252 g/mol. The molecule has 0 fully saturated rings. The van der Waals surface area contributed by atoms with Crippen LogP contribution in [0.4, 0.5) is 0 Å². The molecule has 0 aliphatic heterocycles. The van der Waals surface area contributed by atoms with Crippen LogP contribution in [-0.2, 0) is 17.0 Å². The molecule has 0 amide bonds. The highest BCUT2D eigenvalue weighted by Gasteiger charge is 2.15. The number of aryl methyl sites for hydroxylation is 1. The molecule has 0 N–H and O–H groups in total. The summed E-state index contributed by atoms with van der Waals surface area (Å²) in [4.78, 5) is 11.7. The molecular weight excluding hydrogens is 238 g/mol. The van der Waals surface area contributed by atoms with Gasteiger partial charge in [0.25, 0.3) is 0 Å². The molecule has 0 aromatic heterocycles. The SMILES string of the molecule is CCOC(=O)c1cc(CCl)c(C#N)cc1CC. The summed E-state index contributed by atoms with van der Waals surface area (Å²) in [5.41, 5.74) is 2.50. The van der Waals surface area contributed by atoms with E-state index in [4.69, 9.17) is 21.6 Å². The molecule has 1 aromatic rings. The second-order valence-electron chi connectivity index (χ2n) is 3.49. The Hall–Kier alpha value is -1.53. The minimum absolute atomic E-state index is 0.208. The smallest absolute Gasteiger partial charge is 0.338 e. The van der Waals surface area contributed by atoms with Gasteiger partial charge in [-0.1, -0.05) is 6.92 Å². The van der Waals surface area contributed by atoms with Gasteiger partial charge in [-0.05, 0) is 36.6 Å². The molecular formula is C13H14ClNO2. The number of benzene rings is 1. The zero-order chi connectivity index (χ0) is 12.8. The Morgan fingerprint density at radius 2 is 2.12 bits per heavy atom. The monoisotopic (exact) mass is 251 g/mol. The third kappa shape index (κ3) is 2.98. The van der Waals surface area contributed by atoms with E-state index in [0.29, 0.717) is 29.7 Å². The molecule has 0 bridgehead atoms. The van der Waals surface area contributed by atoms with Crippen molar-refractivity contribution in [1.29, 1.82) is 5.26 Å². The van der Waals surface area contributed by atoms with Gasteiger partial charge in [0.05, 0.1) is 23.8 Å². The lowest BCUT2D eigenvalue weighted by Crippen LogP contribution is -2.09. The van der Waals surface area contributed by atoms with Crippen molar-refractivity contribution in [3.63, 3.8) is 0 Å². The van der Waals surface area contributed by atoms with Crippen LogP contribution in [0.15, 0.2) is 12.1 Å². The number of hydrogen-bond donors (Lipinski definition) is 0. The number of rotatable bonds is 4. The zero-order valence-electron chi connectivity index (χ0n) is 9.92. The van der Waals surface area contributed by atoms with Gasteiger partial charge in [-0.15, -0.1) is 11.6 Å². The van der Waals surface area contributed by atoms with Gasteiger partial charge in [0, 0.05) is 5.88 Å². The van der Waals surface area contributed by atoms with E-state index in [1.54, 1.807) is 19.1 Å². The van der Waals surface area contributed by atoms with Crippen LogP contribution in [-0.4, -0.2) is 12.6 Å². The van der Waals surface area contributed by atoms with E-state index in [1.165, 1.54) is 0 Å². The Morgan fingerprint density at radius 1 is 1.41 bits per heavy atom. The Kier molecular flexibility index (Phi) is 4.99. The number of esters is 1. The second-order valence-corrected chi connectivity index (χ2v) is 3.75. The van der Waals surface area contributed by atoms with Crippen LogP contribution in [0.5, 0.6) is 0 Å². The van der Waals surface area contributed by atoms with Crippen molar-refractivity contribution >= 4 is 17.6 Å². The third-order valence-electron chi connectivity index (χ3n) is 2.47. The van der Waals surface area contributed by atoms with Gasteiger partial charge < -0.3 is 4.74 Å². The summed E-state index contributed by atoms with van der Waals surface area (Å²) < 4.78 is 4.98. The first-order chi connectivity index (χ1) is 8.17. The molecule has 0 aliphatic rings. The lowest BCUT2D eigenvalue weighted by Gasteiger charge is -2.10. The first-order valence-electron chi connectivity index (χ1n) is 5.46. The molecule has 4 heteroatoms. The van der Waals surface area contributed by atoms with Gasteiger partial charge in [0.2, 0.25) is 0 Å². The van der Waals surface area contributed by atoms with Crippen LogP contribution in [0.25, 0.3) is 0 Å². The summed E-state index contributed by atoms with van der Waals surface area (Å²) in [6.45, 7) is 4.02. The number of carbonyl (C=O) groups is 1. The zero-order valence-corrected chi connectivity index (χ0v) is 10.7. The van der Waals surface area contributed by atoms with E-state index in [1.807, 2.05) is 6.92 Å². The minimum atomic E-state index is -0.361.